The van der Waals surface area contributed by atoms with Crippen LogP contribution in [0, 0.1) is 0 Å². The lowest BCUT2D eigenvalue weighted by atomic mass is 10.1. The lowest BCUT2D eigenvalue weighted by molar-refractivity contribution is -0.146. The molecule has 19 heavy (non-hydrogen) atoms. The highest BCUT2D eigenvalue weighted by Gasteiger charge is 2.08. The first-order chi connectivity index (χ1) is 8.93. The molecule has 0 amide bonds. The number of carboxylic acid groups (broad SMARTS) is 1. The Bertz CT molecular complexity index is 503. The fraction of sp³-hybridized carbons (Fsp3) is 0.286. The maximum atomic E-state index is 11.0. The normalized spacial score (nSPS) is 10.7. The largest absolute Gasteiger partial charge is 0.493 e. The SMILES string of the molecule is COc1ccc(/C=C/C(=O)C(=O)O)cc1OC(C)C. The molecule has 0 aliphatic carbocycles. The summed E-state index contributed by atoms with van der Waals surface area (Å²) in [6.45, 7) is 3.77. The maximum Gasteiger partial charge on any atom is 0.376 e. The number of carbonyl (C=O) groups is 2. The number of ether oxygens (including phenoxy) is 2. The second kappa shape index (κ2) is 6.58. The topological polar surface area (TPSA) is 72.8 Å². The van der Waals surface area contributed by atoms with Crippen LogP contribution in [0.2, 0.25) is 0 Å². The molecule has 0 heterocycles. The average Bonchev–Trinajstić information content (AvgIpc) is 2.35. The molecule has 0 aliphatic heterocycles. The number of rotatable bonds is 6. The fourth-order valence-electron chi connectivity index (χ4n) is 1.39. The number of benzene rings is 1. The number of aliphatic carboxylic acids is 1. The molecular weight excluding hydrogens is 248 g/mol. The number of ketones is 1. The van der Waals surface area contributed by atoms with Gasteiger partial charge in [0, 0.05) is 0 Å². The van der Waals surface area contributed by atoms with E-state index in [1.54, 1.807) is 18.2 Å². The Kier molecular flexibility index (Phi) is 5.11. The van der Waals surface area contributed by atoms with Crippen LogP contribution in [0.4, 0.5) is 0 Å². The van der Waals surface area contributed by atoms with Crippen molar-refractivity contribution in [3.05, 3.63) is 29.8 Å². The summed E-state index contributed by atoms with van der Waals surface area (Å²) in [7, 11) is 1.53. The first-order valence-corrected chi connectivity index (χ1v) is 5.74. The van der Waals surface area contributed by atoms with Crippen molar-refractivity contribution in [3.8, 4) is 11.5 Å². The van der Waals surface area contributed by atoms with Gasteiger partial charge in [0.15, 0.2) is 11.5 Å². The van der Waals surface area contributed by atoms with Crippen molar-refractivity contribution in [1.82, 2.24) is 0 Å². The van der Waals surface area contributed by atoms with E-state index in [0.717, 1.165) is 6.08 Å². The van der Waals surface area contributed by atoms with Crippen LogP contribution in [-0.2, 0) is 9.59 Å². The van der Waals surface area contributed by atoms with Crippen LogP contribution in [0.25, 0.3) is 6.08 Å². The minimum Gasteiger partial charge on any atom is -0.493 e. The van der Waals surface area contributed by atoms with Gasteiger partial charge < -0.3 is 14.6 Å². The van der Waals surface area contributed by atoms with Crippen molar-refractivity contribution in [3.63, 3.8) is 0 Å². The van der Waals surface area contributed by atoms with Crippen molar-refractivity contribution in [2.45, 2.75) is 20.0 Å². The van der Waals surface area contributed by atoms with Gasteiger partial charge in [-0.2, -0.15) is 0 Å². The molecule has 0 aromatic heterocycles. The predicted octanol–water partition coefficient (Wildman–Crippen LogP) is 2.15. The summed E-state index contributed by atoms with van der Waals surface area (Å²) in [4.78, 5) is 21.3. The highest BCUT2D eigenvalue weighted by Crippen LogP contribution is 2.29. The van der Waals surface area contributed by atoms with E-state index in [4.69, 9.17) is 14.6 Å². The van der Waals surface area contributed by atoms with Crippen molar-refractivity contribution >= 4 is 17.8 Å². The summed E-state index contributed by atoms with van der Waals surface area (Å²) < 4.78 is 10.7. The molecule has 5 heteroatoms. The van der Waals surface area contributed by atoms with Gasteiger partial charge in [-0.05, 0) is 37.6 Å². The molecule has 0 spiro atoms. The van der Waals surface area contributed by atoms with E-state index in [1.807, 2.05) is 13.8 Å². The van der Waals surface area contributed by atoms with Crippen LogP contribution >= 0.6 is 0 Å². The zero-order chi connectivity index (χ0) is 14.4. The van der Waals surface area contributed by atoms with Gasteiger partial charge in [-0.25, -0.2) is 4.79 Å². The molecule has 0 fully saturated rings. The van der Waals surface area contributed by atoms with E-state index >= 15 is 0 Å². The molecule has 1 rings (SSSR count). The van der Waals surface area contributed by atoms with Crippen LogP contribution < -0.4 is 9.47 Å². The summed E-state index contributed by atoms with van der Waals surface area (Å²) in [6.07, 6.45) is 2.40. The Morgan fingerprint density at radius 3 is 2.47 bits per heavy atom. The Morgan fingerprint density at radius 1 is 1.26 bits per heavy atom. The summed E-state index contributed by atoms with van der Waals surface area (Å²) in [5.41, 5.74) is 0.658. The molecular formula is C14H16O5. The van der Waals surface area contributed by atoms with E-state index in [0.29, 0.717) is 17.1 Å². The first kappa shape index (κ1) is 14.8. The van der Waals surface area contributed by atoms with Gasteiger partial charge in [-0.15, -0.1) is 0 Å². The smallest absolute Gasteiger partial charge is 0.376 e. The predicted molar refractivity (Wildman–Crippen MR) is 70.4 cm³/mol. The molecule has 0 saturated heterocycles. The summed E-state index contributed by atoms with van der Waals surface area (Å²) >= 11 is 0. The van der Waals surface area contributed by atoms with Crippen LogP contribution in [0.3, 0.4) is 0 Å². The average molecular weight is 264 g/mol. The van der Waals surface area contributed by atoms with Crippen molar-refractivity contribution in [2.75, 3.05) is 7.11 Å². The summed E-state index contributed by atoms with van der Waals surface area (Å²) in [5.74, 6) is -1.33. The third-order valence-electron chi connectivity index (χ3n) is 2.19. The number of carbonyl (C=O) groups excluding carboxylic acids is 1. The molecule has 1 aromatic rings. The number of hydrogen-bond acceptors (Lipinski definition) is 4. The van der Waals surface area contributed by atoms with Crippen LogP contribution in [0.15, 0.2) is 24.3 Å². The van der Waals surface area contributed by atoms with Crippen LogP contribution in [-0.4, -0.2) is 30.1 Å². The third kappa shape index (κ3) is 4.46. The summed E-state index contributed by atoms with van der Waals surface area (Å²) in [6, 6.07) is 5.09. The van der Waals surface area contributed by atoms with E-state index in [-0.39, 0.29) is 6.10 Å². The van der Waals surface area contributed by atoms with Gasteiger partial charge in [-0.1, -0.05) is 12.1 Å². The van der Waals surface area contributed by atoms with E-state index in [9.17, 15) is 9.59 Å². The highest BCUT2D eigenvalue weighted by molar-refractivity contribution is 6.38. The minimum atomic E-state index is -1.48. The van der Waals surface area contributed by atoms with Crippen LogP contribution in [0.1, 0.15) is 19.4 Å². The molecule has 1 aromatic carbocycles. The van der Waals surface area contributed by atoms with Crippen molar-refractivity contribution in [1.29, 1.82) is 0 Å². The van der Waals surface area contributed by atoms with Crippen LogP contribution in [0.5, 0.6) is 11.5 Å². The van der Waals surface area contributed by atoms with E-state index in [1.165, 1.54) is 13.2 Å². The second-order valence-corrected chi connectivity index (χ2v) is 4.08. The Hall–Kier alpha value is -2.30. The molecule has 0 saturated carbocycles. The Morgan fingerprint density at radius 2 is 1.95 bits per heavy atom. The molecule has 102 valence electrons. The van der Waals surface area contributed by atoms with Gasteiger partial charge in [0.2, 0.25) is 0 Å². The Labute approximate surface area is 111 Å². The molecule has 0 atom stereocenters. The van der Waals surface area contributed by atoms with Gasteiger partial charge in [0.25, 0.3) is 5.78 Å². The van der Waals surface area contributed by atoms with Gasteiger partial charge in [0.1, 0.15) is 0 Å². The standard InChI is InChI=1S/C14H16O5/c1-9(2)19-13-8-10(5-7-12(13)18-3)4-6-11(15)14(16)17/h4-9H,1-3H3,(H,16,17)/b6-4+. The summed E-state index contributed by atoms with van der Waals surface area (Å²) in [5, 5.41) is 8.47. The zero-order valence-electron chi connectivity index (χ0n) is 11.0. The fourth-order valence-corrected chi connectivity index (χ4v) is 1.39. The Balaban J connectivity index is 2.98. The number of hydrogen-bond donors (Lipinski definition) is 1. The monoisotopic (exact) mass is 264 g/mol. The maximum absolute atomic E-state index is 11.0. The van der Waals surface area contributed by atoms with Crippen molar-refractivity contribution in [2.24, 2.45) is 0 Å². The molecule has 0 aliphatic rings. The zero-order valence-corrected chi connectivity index (χ0v) is 11.0. The lowest BCUT2D eigenvalue weighted by Gasteiger charge is -2.13. The molecule has 0 unspecified atom stereocenters. The van der Waals surface area contributed by atoms with Gasteiger partial charge in [0.05, 0.1) is 13.2 Å². The first-order valence-electron chi connectivity index (χ1n) is 5.74. The number of carboxylic acids is 1. The molecule has 0 radical (unpaired) electrons. The number of methoxy groups -OCH3 is 1. The third-order valence-corrected chi connectivity index (χ3v) is 2.19. The quantitative estimate of drug-likeness (QED) is 0.629. The van der Waals surface area contributed by atoms with Gasteiger partial charge in [-0.3, -0.25) is 4.79 Å². The highest BCUT2D eigenvalue weighted by atomic mass is 16.5. The van der Waals surface area contributed by atoms with Crippen molar-refractivity contribution < 1.29 is 24.2 Å². The molecule has 1 N–H and O–H groups in total. The van der Waals surface area contributed by atoms with Gasteiger partial charge >= 0.3 is 5.97 Å². The van der Waals surface area contributed by atoms with E-state index < -0.39 is 11.8 Å². The minimum absolute atomic E-state index is 0.0196. The van der Waals surface area contributed by atoms with E-state index in [2.05, 4.69) is 0 Å². The lowest BCUT2D eigenvalue weighted by Crippen LogP contribution is -2.08. The second-order valence-electron chi connectivity index (χ2n) is 4.08. The molecule has 0 bridgehead atoms. The molecule has 5 nitrogen and oxygen atoms in total.